The molecule has 8 nitrogen and oxygen atoms in total. The zero-order valence-corrected chi connectivity index (χ0v) is 21.0. The molecule has 1 fully saturated rings. The van der Waals surface area contributed by atoms with Crippen LogP contribution in [0, 0.1) is 24.0 Å². The number of nitro groups is 1. The van der Waals surface area contributed by atoms with Gasteiger partial charge in [-0.25, -0.2) is 0 Å². The van der Waals surface area contributed by atoms with Gasteiger partial charge in [0.15, 0.2) is 0 Å². The van der Waals surface area contributed by atoms with E-state index < -0.39 is 10.8 Å². The van der Waals surface area contributed by atoms with E-state index in [1.807, 2.05) is 24.5 Å². The Morgan fingerprint density at radius 1 is 1.09 bits per heavy atom. The molecule has 0 bridgehead atoms. The van der Waals surface area contributed by atoms with Crippen LogP contribution in [-0.2, 0) is 4.79 Å². The number of ether oxygens (including phenoxy) is 1. The molecule has 2 heterocycles. The average Bonchev–Trinajstić information content (AvgIpc) is 3.24. The second-order valence-corrected chi connectivity index (χ2v) is 9.53. The molecule has 1 aliphatic rings. The van der Waals surface area contributed by atoms with E-state index in [1.165, 1.54) is 12.1 Å². The second-order valence-electron chi connectivity index (χ2n) is 7.69. The number of aryl methyl sites for hydroxylation is 1. The van der Waals surface area contributed by atoms with E-state index in [4.69, 9.17) is 27.9 Å². The van der Waals surface area contributed by atoms with Gasteiger partial charge < -0.3 is 9.30 Å². The van der Waals surface area contributed by atoms with Crippen LogP contribution < -0.4 is 4.74 Å². The molecular weight excluding hydrogens is 513 g/mol. The molecule has 35 heavy (non-hydrogen) atoms. The third kappa shape index (κ3) is 5.22. The summed E-state index contributed by atoms with van der Waals surface area (Å²) in [5, 5.41) is 11.6. The quantitative estimate of drug-likeness (QED) is 0.198. The number of nitro benzene ring substituents is 1. The van der Waals surface area contributed by atoms with Crippen molar-refractivity contribution < 1.29 is 19.2 Å². The minimum atomic E-state index is -0.534. The summed E-state index contributed by atoms with van der Waals surface area (Å²) >= 11 is 12.7. The van der Waals surface area contributed by atoms with Crippen molar-refractivity contribution >= 4 is 57.9 Å². The van der Waals surface area contributed by atoms with Gasteiger partial charge >= 0.3 is 0 Å². The molecule has 4 rings (SSSR count). The van der Waals surface area contributed by atoms with Gasteiger partial charge in [0.2, 0.25) is 0 Å². The van der Waals surface area contributed by atoms with E-state index in [1.54, 1.807) is 36.4 Å². The molecule has 1 aliphatic heterocycles. The number of nitrogens with zero attached hydrogens (tertiary/aromatic N) is 3. The number of rotatable bonds is 7. The van der Waals surface area contributed by atoms with Gasteiger partial charge in [-0.2, -0.15) is 0 Å². The molecule has 3 aromatic rings. The highest BCUT2D eigenvalue weighted by Gasteiger charge is 2.35. The fraction of sp³-hybridized carbons (Fsp3) is 0.167. The maximum atomic E-state index is 12.9. The summed E-state index contributed by atoms with van der Waals surface area (Å²) in [5.74, 6) is 0.193. The number of amides is 2. The van der Waals surface area contributed by atoms with E-state index >= 15 is 0 Å². The first-order valence-electron chi connectivity index (χ1n) is 10.4. The molecule has 11 heteroatoms. The first-order chi connectivity index (χ1) is 16.7. The third-order valence-electron chi connectivity index (χ3n) is 5.41. The van der Waals surface area contributed by atoms with Crippen molar-refractivity contribution in [2.45, 2.75) is 13.8 Å². The largest absolute Gasteiger partial charge is 0.492 e. The van der Waals surface area contributed by atoms with Crippen LogP contribution >= 0.6 is 35.0 Å². The normalized spacial score (nSPS) is 14.7. The zero-order chi connectivity index (χ0) is 25.3. The molecule has 1 saturated heterocycles. The Labute approximate surface area is 215 Å². The first-order valence-corrected chi connectivity index (χ1v) is 12.0. The van der Waals surface area contributed by atoms with E-state index in [9.17, 15) is 19.7 Å². The van der Waals surface area contributed by atoms with Crippen LogP contribution in [0.3, 0.4) is 0 Å². The van der Waals surface area contributed by atoms with Gasteiger partial charge in [0.1, 0.15) is 17.4 Å². The Hall–Kier alpha value is -3.27. The van der Waals surface area contributed by atoms with Crippen molar-refractivity contribution in [1.29, 1.82) is 0 Å². The molecule has 1 aromatic heterocycles. The molecule has 0 atom stereocenters. The number of benzene rings is 2. The van der Waals surface area contributed by atoms with Crippen LogP contribution in [0.5, 0.6) is 5.75 Å². The minimum absolute atomic E-state index is 0.0511. The molecule has 180 valence electrons. The van der Waals surface area contributed by atoms with Gasteiger partial charge in [0.05, 0.1) is 22.1 Å². The zero-order valence-electron chi connectivity index (χ0n) is 18.7. The van der Waals surface area contributed by atoms with Crippen LogP contribution in [-0.4, -0.2) is 38.7 Å². The van der Waals surface area contributed by atoms with Crippen molar-refractivity contribution in [2.24, 2.45) is 0 Å². The van der Waals surface area contributed by atoms with Crippen molar-refractivity contribution in [3.63, 3.8) is 0 Å². The highest BCUT2D eigenvalue weighted by molar-refractivity contribution is 8.18. The van der Waals surface area contributed by atoms with E-state index in [0.717, 1.165) is 33.6 Å². The maximum absolute atomic E-state index is 12.9. The Balaban J connectivity index is 1.52. The molecule has 0 saturated carbocycles. The Morgan fingerprint density at radius 2 is 1.80 bits per heavy atom. The highest BCUT2D eigenvalue weighted by Crippen LogP contribution is 2.34. The van der Waals surface area contributed by atoms with Gasteiger partial charge in [-0.05, 0) is 79.7 Å². The number of hydrogen-bond acceptors (Lipinski definition) is 6. The lowest BCUT2D eigenvalue weighted by Crippen LogP contribution is -2.32. The van der Waals surface area contributed by atoms with Crippen LogP contribution in [0.25, 0.3) is 11.8 Å². The first kappa shape index (κ1) is 24.8. The SMILES string of the molecule is Cc1cc(/C=C2\SC(=O)N(CCOc3ccc(Cl)cc3)C2=O)c(C)n1-c1ccc(Cl)c([N+](=O)[O-])c1. The topological polar surface area (TPSA) is 94.7 Å². The van der Waals surface area contributed by atoms with Crippen molar-refractivity contribution in [3.8, 4) is 11.4 Å². The van der Waals surface area contributed by atoms with E-state index in [-0.39, 0.29) is 29.1 Å². The summed E-state index contributed by atoms with van der Waals surface area (Å²) in [5.41, 5.74) is 2.67. The average molecular weight is 532 g/mol. The van der Waals surface area contributed by atoms with Gasteiger partial charge in [-0.15, -0.1) is 0 Å². The van der Waals surface area contributed by atoms with E-state index in [2.05, 4.69) is 0 Å². The maximum Gasteiger partial charge on any atom is 0.293 e. The number of imide groups is 1. The van der Waals surface area contributed by atoms with Crippen LogP contribution in [0.15, 0.2) is 53.4 Å². The van der Waals surface area contributed by atoms with Gasteiger partial charge in [-0.1, -0.05) is 23.2 Å². The van der Waals surface area contributed by atoms with Gasteiger partial charge in [0.25, 0.3) is 16.8 Å². The van der Waals surface area contributed by atoms with Crippen LogP contribution in [0.4, 0.5) is 10.5 Å². The van der Waals surface area contributed by atoms with Gasteiger partial charge in [0, 0.05) is 22.5 Å². The fourth-order valence-corrected chi connectivity index (χ4v) is 4.90. The standard InChI is InChI=1S/C24H19Cl2N3O5S/c1-14-11-16(15(2)28(14)18-5-8-20(26)21(13-18)29(32)33)12-22-23(30)27(24(31)35-22)9-10-34-19-6-3-17(25)4-7-19/h3-8,11-13H,9-10H2,1-2H3/b22-12-. The lowest BCUT2D eigenvalue weighted by atomic mass is 10.2. The summed E-state index contributed by atoms with van der Waals surface area (Å²) in [6, 6.07) is 13.2. The molecular formula is C24H19Cl2N3O5S. The Bertz CT molecular complexity index is 1370. The summed E-state index contributed by atoms with van der Waals surface area (Å²) in [6.07, 6.45) is 1.66. The lowest BCUT2D eigenvalue weighted by Gasteiger charge is -2.13. The molecule has 2 aromatic carbocycles. The molecule has 0 N–H and O–H groups in total. The third-order valence-corrected chi connectivity index (χ3v) is 6.89. The summed E-state index contributed by atoms with van der Waals surface area (Å²) < 4.78 is 7.43. The Morgan fingerprint density at radius 3 is 2.49 bits per heavy atom. The number of thioether (sulfide) groups is 1. The molecule has 0 aliphatic carbocycles. The number of hydrogen-bond donors (Lipinski definition) is 0. The monoisotopic (exact) mass is 531 g/mol. The lowest BCUT2D eigenvalue weighted by molar-refractivity contribution is -0.384. The van der Waals surface area contributed by atoms with Crippen molar-refractivity contribution in [2.75, 3.05) is 13.2 Å². The summed E-state index contributed by atoms with van der Waals surface area (Å²) in [6.45, 7) is 3.95. The highest BCUT2D eigenvalue weighted by atomic mass is 35.5. The molecule has 2 amide bonds. The molecule has 0 spiro atoms. The van der Waals surface area contributed by atoms with E-state index in [0.29, 0.717) is 21.4 Å². The fourth-order valence-electron chi connectivity index (χ4n) is 3.73. The predicted molar refractivity (Wildman–Crippen MR) is 137 cm³/mol. The Kier molecular flexibility index (Phi) is 7.20. The predicted octanol–water partition coefficient (Wildman–Crippen LogP) is 6.42. The number of carbonyl (C=O) groups is 2. The smallest absolute Gasteiger partial charge is 0.293 e. The van der Waals surface area contributed by atoms with Gasteiger partial charge in [-0.3, -0.25) is 24.6 Å². The summed E-state index contributed by atoms with van der Waals surface area (Å²) in [7, 11) is 0. The number of aromatic nitrogens is 1. The number of halogens is 2. The van der Waals surface area contributed by atoms with Crippen LogP contribution in [0.2, 0.25) is 10.0 Å². The number of carbonyl (C=O) groups excluding carboxylic acids is 2. The second kappa shape index (κ2) is 10.2. The van der Waals surface area contributed by atoms with Crippen molar-refractivity contribution in [1.82, 2.24) is 9.47 Å². The van der Waals surface area contributed by atoms with Crippen molar-refractivity contribution in [3.05, 3.63) is 90.5 Å². The van der Waals surface area contributed by atoms with Crippen LogP contribution in [0.1, 0.15) is 17.0 Å². The minimum Gasteiger partial charge on any atom is -0.492 e. The molecule has 0 radical (unpaired) electrons. The summed E-state index contributed by atoms with van der Waals surface area (Å²) in [4.78, 5) is 37.5. The molecule has 0 unspecified atom stereocenters.